The fourth-order valence-electron chi connectivity index (χ4n) is 2.68. The van der Waals surface area contributed by atoms with E-state index in [1.165, 1.54) is 0 Å². The zero-order valence-corrected chi connectivity index (χ0v) is 10.3. The Hall–Kier alpha value is -1.06. The molecule has 0 aliphatic heterocycles. The fraction of sp³-hybridized carbons (Fsp3) is 0.462. The van der Waals surface area contributed by atoms with Crippen molar-refractivity contribution in [1.82, 2.24) is 0 Å². The molecule has 1 atom stereocenters. The van der Waals surface area contributed by atoms with E-state index < -0.39 is 11.4 Å². The van der Waals surface area contributed by atoms with Gasteiger partial charge in [-0.25, -0.2) is 0 Å². The SMILES string of the molecule is NCC(c1ccccc1Cl)C1(C(=O)O)CCC1. The molecular weight excluding hydrogens is 238 g/mol. The number of carbonyl (C=O) groups is 1. The van der Waals surface area contributed by atoms with Crippen molar-refractivity contribution in [1.29, 1.82) is 0 Å². The third kappa shape index (κ3) is 1.94. The second-order valence-corrected chi connectivity index (χ2v) is 5.03. The van der Waals surface area contributed by atoms with Gasteiger partial charge in [-0.05, 0) is 24.5 Å². The summed E-state index contributed by atoms with van der Waals surface area (Å²) in [6.45, 7) is 0.316. The number of carboxylic acid groups (broad SMARTS) is 1. The first-order valence-electron chi connectivity index (χ1n) is 5.80. The van der Waals surface area contributed by atoms with Crippen molar-refractivity contribution >= 4 is 17.6 Å². The van der Waals surface area contributed by atoms with E-state index in [1.54, 1.807) is 6.07 Å². The first kappa shape index (κ1) is 12.4. The van der Waals surface area contributed by atoms with Crippen LogP contribution in [0.25, 0.3) is 0 Å². The Balaban J connectivity index is 2.40. The number of nitrogens with two attached hydrogens (primary N) is 1. The molecular formula is C13H16ClNO2. The fourth-order valence-corrected chi connectivity index (χ4v) is 2.94. The molecule has 1 aliphatic rings. The van der Waals surface area contributed by atoms with E-state index in [-0.39, 0.29) is 5.92 Å². The minimum atomic E-state index is -0.751. The molecule has 1 aromatic carbocycles. The highest BCUT2D eigenvalue weighted by Crippen LogP contribution is 2.52. The van der Waals surface area contributed by atoms with Gasteiger partial charge < -0.3 is 10.8 Å². The van der Waals surface area contributed by atoms with Crippen molar-refractivity contribution < 1.29 is 9.90 Å². The van der Waals surface area contributed by atoms with Gasteiger partial charge in [0, 0.05) is 17.5 Å². The smallest absolute Gasteiger partial charge is 0.310 e. The van der Waals surface area contributed by atoms with Crippen LogP contribution < -0.4 is 5.73 Å². The molecule has 1 aliphatic carbocycles. The third-order valence-corrected chi connectivity index (χ3v) is 4.20. The molecule has 0 bridgehead atoms. The summed E-state index contributed by atoms with van der Waals surface area (Å²) in [5.41, 5.74) is 5.94. The topological polar surface area (TPSA) is 63.3 Å². The van der Waals surface area contributed by atoms with Gasteiger partial charge in [-0.1, -0.05) is 36.2 Å². The molecule has 3 nitrogen and oxygen atoms in total. The van der Waals surface area contributed by atoms with Crippen LogP contribution in [0.5, 0.6) is 0 Å². The van der Waals surface area contributed by atoms with Crippen LogP contribution in [-0.4, -0.2) is 17.6 Å². The lowest BCUT2D eigenvalue weighted by molar-refractivity contribution is -0.156. The van der Waals surface area contributed by atoms with Crippen LogP contribution in [-0.2, 0) is 4.79 Å². The largest absolute Gasteiger partial charge is 0.481 e. The zero-order valence-electron chi connectivity index (χ0n) is 9.53. The first-order chi connectivity index (χ1) is 8.12. The molecule has 0 spiro atoms. The van der Waals surface area contributed by atoms with Crippen molar-refractivity contribution in [3.8, 4) is 0 Å². The maximum atomic E-state index is 11.5. The van der Waals surface area contributed by atoms with Crippen LogP contribution in [0.2, 0.25) is 5.02 Å². The highest BCUT2D eigenvalue weighted by Gasteiger charge is 2.50. The maximum Gasteiger partial charge on any atom is 0.310 e. The summed E-state index contributed by atoms with van der Waals surface area (Å²) in [4.78, 5) is 11.5. The monoisotopic (exact) mass is 253 g/mol. The zero-order chi connectivity index (χ0) is 12.5. The average molecular weight is 254 g/mol. The molecule has 3 N–H and O–H groups in total. The van der Waals surface area contributed by atoms with Crippen molar-refractivity contribution in [2.45, 2.75) is 25.2 Å². The van der Waals surface area contributed by atoms with Gasteiger partial charge in [0.2, 0.25) is 0 Å². The van der Waals surface area contributed by atoms with Crippen LogP contribution in [0, 0.1) is 5.41 Å². The van der Waals surface area contributed by atoms with Gasteiger partial charge in [0.1, 0.15) is 0 Å². The van der Waals surface area contributed by atoms with Crippen molar-refractivity contribution in [2.75, 3.05) is 6.54 Å². The minimum Gasteiger partial charge on any atom is -0.481 e. The molecule has 0 radical (unpaired) electrons. The molecule has 0 aromatic heterocycles. The van der Waals surface area contributed by atoms with E-state index in [4.69, 9.17) is 17.3 Å². The molecule has 1 saturated carbocycles. The molecule has 0 saturated heterocycles. The summed E-state index contributed by atoms with van der Waals surface area (Å²) in [7, 11) is 0. The van der Waals surface area contributed by atoms with E-state index in [9.17, 15) is 9.90 Å². The molecule has 2 rings (SSSR count). The Kier molecular flexibility index (Phi) is 3.40. The highest BCUT2D eigenvalue weighted by atomic mass is 35.5. The Morgan fingerprint density at radius 2 is 2.12 bits per heavy atom. The number of hydrogen-bond donors (Lipinski definition) is 2. The van der Waals surface area contributed by atoms with E-state index in [2.05, 4.69) is 0 Å². The van der Waals surface area contributed by atoms with Gasteiger partial charge in [0.05, 0.1) is 5.41 Å². The number of aliphatic carboxylic acids is 1. The van der Waals surface area contributed by atoms with E-state index in [1.807, 2.05) is 18.2 Å². The quantitative estimate of drug-likeness (QED) is 0.867. The number of halogens is 1. The second-order valence-electron chi connectivity index (χ2n) is 4.62. The van der Waals surface area contributed by atoms with Gasteiger partial charge in [-0.15, -0.1) is 0 Å². The van der Waals surface area contributed by atoms with Crippen LogP contribution in [0.15, 0.2) is 24.3 Å². The van der Waals surface area contributed by atoms with Crippen molar-refractivity contribution in [3.63, 3.8) is 0 Å². The summed E-state index contributed by atoms with van der Waals surface area (Å²) >= 11 is 6.14. The van der Waals surface area contributed by atoms with E-state index in [0.29, 0.717) is 24.4 Å². The predicted molar refractivity (Wildman–Crippen MR) is 67.2 cm³/mol. The minimum absolute atomic E-state index is 0.192. The molecule has 0 amide bonds. The normalized spacial score (nSPS) is 19.4. The first-order valence-corrected chi connectivity index (χ1v) is 6.17. The molecule has 1 unspecified atom stereocenters. The lowest BCUT2D eigenvalue weighted by Crippen LogP contribution is -2.46. The van der Waals surface area contributed by atoms with Crippen LogP contribution >= 0.6 is 11.6 Å². The molecule has 1 aromatic rings. The lowest BCUT2D eigenvalue weighted by atomic mass is 9.59. The van der Waals surface area contributed by atoms with E-state index >= 15 is 0 Å². The van der Waals surface area contributed by atoms with Gasteiger partial charge >= 0.3 is 5.97 Å². The Labute approximate surface area is 106 Å². The van der Waals surface area contributed by atoms with Gasteiger partial charge in [-0.3, -0.25) is 4.79 Å². The second kappa shape index (κ2) is 4.67. The highest BCUT2D eigenvalue weighted by molar-refractivity contribution is 6.31. The van der Waals surface area contributed by atoms with Crippen LogP contribution in [0.1, 0.15) is 30.7 Å². The third-order valence-electron chi connectivity index (χ3n) is 3.86. The number of carboxylic acids is 1. The van der Waals surface area contributed by atoms with Crippen LogP contribution in [0.4, 0.5) is 0 Å². The van der Waals surface area contributed by atoms with Gasteiger partial charge in [0.15, 0.2) is 0 Å². The summed E-state index contributed by atoms with van der Waals surface area (Å²) in [6, 6.07) is 7.38. The lowest BCUT2D eigenvalue weighted by Gasteiger charge is -2.44. The standard InChI is InChI=1S/C13H16ClNO2/c14-11-5-2-1-4-9(11)10(8-15)13(12(16)17)6-3-7-13/h1-2,4-5,10H,3,6-8,15H2,(H,16,17). The Morgan fingerprint density at radius 1 is 1.47 bits per heavy atom. The molecule has 0 heterocycles. The van der Waals surface area contributed by atoms with Crippen molar-refractivity contribution in [2.24, 2.45) is 11.1 Å². The van der Waals surface area contributed by atoms with Crippen LogP contribution in [0.3, 0.4) is 0 Å². The van der Waals surface area contributed by atoms with Gasteiger partial charge in [0.25, 0.3) is 0 Å². The number of benzene rings is 1. The molecule has 17 heavy (non-hydrogen) atoms. The summed E-state index contributed by atoms with van der Waals surface area (Å²) < 4.78 is 0. The van der Waals surface area contributed by atoms with Gasteiger partial charge in [-0.2, -0.15) is 0 Å². The Morgan fingerprint density at radius 3 is 2.53 bits per heavy atom. The van der Waals surface area contributed by atoms with Crippen molar-refractivity contribution in [3.05, 3.63) is 34.9 Å². The predicted octanol–water partition coefficient (Wildman–Crippen LogP) is 2.64. The number of hydrogen-bond acceptors (Lipinski definition) is 2. The average Bonchev–Trinajstić information content (AvgIpc) is 2.24. The molecule has 1 fully saturated rings. The number of rotatable bonds is 4. The Bertz CT molecular complexity index is 429. The van der Waals surface area contributed by atoms with E-state index in [0.717, 1.165) is 12.0 Å². The molecule has 4 heteroatoms. The summed E-state index contributed by atoms with van der Waals surface area (Å²) in [5, 5.41) is 10.0. The summed E-state index contributed by atoms with van der Waals surface area (Å²) in [6.07, 6.45) is 2.33. The maximum absolute atomic E-state index is 11.5. The summed E-state index contributed by atoms with van der Waals surface area (Å²) in [5.74, 6) is -0.943. The molecule has 92 valence electrons.